The number of aryl methyl sites for hydroxylation is 2. The molecule has 1 atom stereocenters. The quantitative estimate of drug-likeness (QED) is 0.695. The molecule has 3 aromatic rings. The number of aliphatic hydroxyl groups excluding tert-OH is 1. The van der Waals surface area contributed by atoms with Crippen LogP contribution in [0.1, 0.15) is 58.2 Å². The number of likely N-dealkylation sites (tertiary alicyclic amines) is 1. The van der Waals surface area contributed by atoms with Crippen molar-refractivity contribution in [3.05, 3.63) is 64.6 Å². The van der Waals surface area contributed by atoms with Crippen LogP contribution in [0.4, 0.5) is 0 Å². The third-order valence-corrected chi connectivity index (χ3v) is 5.94. The number of imidazole rings is 1. The van der Waals surface area contributed by atoms with Crippen LogP contribution in [0, 0.1) is 13.8 Å². The van der Waals surface area contributed by atoms with Crippen LogP contribution in [0.5, 0.6) is 5.75 Å². The number of amides is 1. The number of nitrogens with zero attached hydrogens (tertiary/aromatic N) is 3. The molecule has 1 aromatic carbocycles. The number of hydrogen-bond donors (Lipinski definition) is 2. The molecule has 6 nitrogen and oxygen atoms in total. The summed E-state index contributed by atoms with van der Waals surface area (Å²) in [6.45, 7) is 5.30. The zero-order valence-corrected chi connectivity index (χ0v) is 16.9. The number of rotatable bonds is 5. The average Bonchev–Trinajstić information content (AvgIpc) is 3.37. The Labute approximate surface area is 170 Å². The van der Waals surface area contributed by atoms with Gasteiger partial charge in [-0.15, -0.1) is 0 Å². The van der Waals surface area contributed by atoms with Gasteiger partial charge in [-0.1, -0.05) is 30.3 Å². The van der Waals surface area contributed by atoms with Crippen LogP contribution < -0.4 is 0 Å². The number of aromatic hydroxyl groups is 1. The van der Waals surface area contributed by atoms with Crippen LogP contribution >= 0.6 is 0 Å². The molecule has 2 N–H and O–H groups in total. The van der Waals surface area contributed by atoms with Crippen molar-refractivity contribution in [3.63, 3.8) is 0 Å². The Morgan fingerprint density at radius 2 is 1.86 bits per heavy atom. The molecule has 1 fully saturated rings. The van der Waals surface area contributed by atoms with E-state index < -0.39 is 6.10 Å². The Hall–Kier alpha value is -2.86. The summed E-state index contributed by atoms with van der Waals surface area (Å²) in [5.41, 5.74) is 4.07. The van der Waals surface area contributed by atoms with E-state index >= 15 is 0 Å². The second-order valence-electron chi connectivity index (χ2n) is 7.81. The van der Waals surface area contributed by atoms with Gasteiger partial charge in [0.25, 0.3) is 5.91 Å². The summed E-state index contributed by atoms with van der Waals surface area (Å²) in [6.07, 6.45) is 3.95. The van der Waals surface area contributed by atoms with Crippen molar-refractivity contribution in [1.29, 1.82) is 0 Å². The number of pyridine rings is 1. The first-order chi connectivity index (χ1) is 14.0. The highest BCUT2D eigenvalue weighted by Gasteiger charge is 2.26. The SMILES string of the molecule is Cc1nc2c(O)c(CCC(O)c3ccccc3)c(C(=O)N3CCCC3)cn2c1C. The highest BCUT2D eigenvalue weighted by molar-refractivity contribution is 5.97. The number of fused-ring (bicyclic) bond motifs is 1. The summed E-state index contributed by atoms with van der Waals surface area (Å²) >= 11 is 0. The van der Waals surface area contributed by atoms with E-state index in [-0.39, 0.29) is 11.7 Å². The van der Waals surface area contributed by atoms with Crippen molar-refractivity contribution in [2.24, 2.45) is 0 Å². The van der Waals surface area contributed by atoms with Crippen molar-refractivity contribution in [3.8, 4) is 5.75 Å². The lowest BCUT2D eigenvalue weighted by atomic mass is 9.97. The first-order valence-electron chi connectivity index (χ1n) is 10.2. The normalized spacial score (nSPS) is 15.2. The molecule has 1 aliphatic heterocycles. The van der Waals surface area contributed by atoms with E-state index in [1.807, 2.05) is 49.1 Å². The Bertz CT molecular complexity index is 1040. The molecule has 1 amide bonds. The highest BCUT2D eigenvalue weighted by Crippen LogP contribution is 2.32. The highest BCUT2D eigenvalue weighted by atomic mass is 16.3. The van der Waals surface area contributed by atoms with Crippen molar-refractivity contribution in [2.75, 3.05) is 13.1 Å². The van der Waals surface area contributed by atoms with E-state index in [0.29, 0.717) is 29.6 Å². The zero-order chi connectivity index (χ0) is 20.5. The van der Waals surface area contributed by atoms with Crippen LogP contribution in [0.3, 0.4) is 0 Å². The summed E-state index contributed by atoms with van der Waals surface area (Å²) in [6, 6.07) is 9.45. The minimum absolute atomic E-state index is 0.0338. The molecular weight excluding hydrogens is 366 g/mol. The fourth-order valence-electron chi connectivity index (χ4n) is 4.07. The molecule has 0 radical (unpaired) electrons. The van der Waals surface area contributed by atoms with Gasteiger partial charge in [-0.05, 0) is 45.1 Å². The third-order valence-electron chi connectivity index (χ3n) is 5.94. The van der Waals surface area contributed by atoms with E-state index in [4.69, 9.17) is 0 Å². The lowest BCUT2D eigenvalue weighted by molar-refractivity contribution is 0.0790. The van der Waals surface area contributed by atoms with Gasteiger partial charge in [0.05, 0.1) is 17.4 Å². The van der Waals surface area contributed by atoms with Crippen molar-refractivity contribution in [2.45, 2.75) is 45.6 Å². The minimum Gasteiger partial charge on any atom is -0.504 e. The Balaban J connectivity index is 1.72. The molecule has 1 unspecified atom stereocenters. The second-order valence-corrected chi connectivity index (χ2v) is 7.81. The second kappa shape index (κ2) is 7.87. The van der Waals surface area contributed by atoms with Gasteiger partial charge in [0.2, 0.25) is 0 Å². The third kappa shape index (κ3) is 3.60. The summed E-state index contributed by atoms with van der Waals surface area (Å²) in [7, 11) is 0. The van der Waals surface area contributed by atoms with Crippen molar-refractivity contribution < 1.29 is 15.0 Å². The van der Waals surface area contributed by atoms with E-state index in [1.165, 1.54) is 0 Å². The summed E-state index contributed by atoms with van der Waals surface area (Å²) in [5, 5.41) is 21.6. The van der Waals surface area contributed by atoms with E-state index in [0.717, 1.165) is 42.9 Å². The number of aromatic nitrogens is 2. The van der Waals surface area contributed by atoms with Gasteiger partial charge in [0, 0.05) is 30.5 Å². The van der Waals surface area contributed by atoms with Gasteiger partial charge in [-0.3, -0.25) is 4.79 Å². The molecule has 152 valence electrons. The first-order valence-corrected chi connectivity index (χ1v) is 10.2. The van der Waals surface area contributed by atoms with E-state index in [2.05, 4.69) is 4.98 Å². The topological polar surface area (TPSA) is 78.1 Å². The van der Waals surface area contributed by atoms with Gasteiger partial charge in [0.15, 0.2) is 11.4 Å². The summed E-state index contributed by atoms with van der Waals surface area (Å²) in [4.78, 5) is 19.5. The largest absolute Gasteiger partial charge is 0.504 e. The Morgan fingerprint density at radius 3 is 2.55 bits per heavy atom. The maximum Gasteiger partial charge on any atom is 0.255 e. The number of carbonyl (C=O) groups is 1. The van der Waals surface area contributed by atoms with Gasteiger partial charge in [-0.2, -0.15) is 0 Å². The Kier molecular flexibility index (Phi) is 5.28. The lowest BCUT2D eigenvalue weighted by Crippen LogP contribution is -2.29. The molecule has 0 saturated carbocycles. The van der Waals surface area contributed by atoms with Crippen LogP contribution in [0.25, 0.3) is 5.65 Å². The van der Waals surface area contributed by atoms with Crippen LogP contribution in [-0.4, -0.2) is 43.5 Å². The maximum atomic E-state index is 13.2. The summed E-state index contributed by atoms with van der Waals surface area (Å²) < 4.78 is 1.80. The van der Waals surface area contributed by atoms with Gasteiger partial charge >= 0.3 is 0 Å². The first kappa shape index (κ1) is 19.5. The zero-order valence-electron chi connectivity index (χ0n) is 16.9. The number of aliphatic hydroxyl groups is 1. The molecule has 0 aliphatic carbocycles. The van der Waals surface area contributed by atoms with Crippen molar-refractivity contribution in [1.82, 2.24) is 14.3 Å². The predicted molar refractivity (Wildman–Crippen MR) is 111 cm³/mol. The number of hydrogen-bond acceptors (Lipinski definition) is 4. The monoisotopic (exact) mass is 393 g/mol. The summed E-state index contributed by atoms with van der Waals surface area (Å²) in [5.74, 6) is -0.0267. The molecule has 6 heteroatoms. The number of benzene rings is 1. The molecule has 0 spiro atoms. The van der Waals surface area contributed by atoms with Gasteiger partial charge in [0.1, 0.15) is 0 Å². The molecule has 4 rings (SSSR count). The predicted octanol–water partition coefficient (Wildman–Crippen LogP) is 3.56. The van der Waals surface area contributed by atoms with Gasteiger partial charge in [-0.25, -0.2) is 4.98 Å². The number of carbonyl (C=O) groups excluding carboxylic acids is 1. The molecule has 2 aromatic heterocycles. The molecular formula is C23H27N3O3. The fourth-order valence-corrected chi connectivity index (χ4v) is 4.07. The van der Waals surface area contributed by atoms with E-state index in [1.54, 1.807) is 10.6 Å². The lowest BCUT2D eigenvalue weighted by Gasteiger charge is -2.20. The van der Waals surface area contributed by atoms with Crippen molar-refractivity contribution >= 4 is 11.6 Å². The van der Waals surface area contributed by atoms with Gasteiger partial charge < -0.3 is 19.5 Å². The molecule has 0 bridgehead atoms. The van der Waals surface area contributed by atoms with E-state index in [9.17, 15) is 15.0 Å². The van der Waals surface area contributed by atoms with Crippen LogP contribution in [0.15, 0.2) is 36.5 Å². The average molecular weight is 393 g/mol. The minimum atomic E-state index is -0.662. The smallest absolute Gasteiger partial charge is 0.255 e. The molecule has 1 aliphatic rings. The molecule has 29 heavy (non-hydrogen) atoms. The molecule has 1 saturated heterocycles. The van der Waals surface area contributed by atoms with Crippen LogP contribution in [0.2, 0.25) is 0 Å². The van der Waals surface area contributed by atoms with Crippen LogP contribution in [-0.2, 0) is 6.42 Å². The maximum absolute atomic E-state index is 13.2. The molecule has 3 heterocycles. The standard InChI is InChI=1S/C23H27N3O3/c1-15-16(2)26-14-19(23(29)25-12-6-7-13-25)18(21(28)22(26)24-15)10-11-20(27)17-8-4-3-5-9-17/h3-5,8-9,14,20,27-28H,6-7,10-13H2,1-2H3. The fraction of sp³-hybridized carbons (Fsp3) is 0.391. The Morgan fingerprint density at radius 1 is 1.17 bits per heavy atom.